The van der Waals surface area contributed by atoms with Crippen LogP contribution in [0.4, 0.5) is 10.8 Å². The van der Waals surface area contributed by atoms with Crippen LogP contribution < -0.4 is 10.5 Å². The Morgan fingerprint density at radius 2 is 1.83 bits per heavy atom. The first-order chi connectivity index (χ1) is 8.40. The fourth-order valence-corrected chi connectivity index (χ4v) is 3.47. The summed E-state index contributed by atoms with van der Waals surface area (Å²) in [5, 5.41) is 7.15. The van der Waals surface area contributed by atoms with E-state index in [2.05, 4.69) is 14.9 Å². The minimum atomic E-state index is -3.72. The second-order valence-corrected chi connectivity index (χ2v) is 6.64. The molecule has 0 aliphatic heterocycles. The molecule has 2 rings (SSSR count). The minimum Gasteiger partial charge on any atom is -0.374 e. The van der Waals surface area contributed by atoms with Crippen molar-refractivity contribution < 1.29 is 8.42 Å². The van der Waals surface area contributed by atoms with E-state index in [0.29, 0.717) is 5.69 Å². The summed E-state index contributed by atoms with van der Waals surface area (Å²) in [4.78, 5) is 0. The number of para-hydroxylation sites is 1. The Hall–Kier alpha value is -1.67. The first kappa shape index (κ1) is 12.8. The highest BCUT2D eigenvalue weighted by atomic mass is 32.2. The molecule has 0 saturated carbocycles. The Balaban J connectivity index is 2.40. The van der Waals surface area contributed by atoms with Gasteiger partial charge in [-0.1, -0.05) is 29.5 Å². The zero-order chi connectivity index (χ0) is 13.3. The van der Waals surface area contributed by atoms with Gasteiger partial charge in [0.1, 0.15) is 0 Å². The van der Waals surface area contributed by atoms with Crippen molar-refractivity contribution in [3.05, 3.63) is 29.3 Å². The number of aromatic nitrogens is 2. The van der Waals surface area contributed by atoms with Gasteiger partial charge in [-0.05, 0) is 25.0 Å². The summed E-state index contributed by atoms with van der Waals surface area (Å²) in [5.74, 6) is 0. The zero-order valence-electron chi connectivity index (χ0n) is 9.84. The molecule has 3 N–H and O–H groups in total. The van der Waals surface area contributed by atoms with Crippen molar-refractivity contribution >= 4 is 32.2 Å². The number of nitrogens with two attached hydrogens (primary N) is 1. The second kappa shape index (κ2) is 4.54. The summed E-state index contributed by atoms with van der Waals surface area (Å²) in [6.45, 7) is 3.67. The van der Waals surface area contributed by atoms with Crippen LogP contribution in [0.15, 0.2) is 22.5 Å². The lowest BCUT2D eigenvalue weighted by Gasteiger charge is -2.11. The van der Waals surface area contributed by atoms with Crippen molar-refractivity contribution in [2.24, 2.45) is 0 Å². The van der Waals surface area contributed by atoms with E-state index in [9.17, 15) is 8.42 Å². The van der Waals surface area contributed by atoms with Crippen LogP contribution in [0, 0.1) is 13.8 Å². The number of rotatable bonds is 3. The van der Waals surface area contributed by atoms with Crippen LogP contribution in [-0.4, -0.2) is 18.6 Å². The van der Waals surface area contributed by atoms with E-state index in [1.165, 1.54) is 0 Å². The predicted molar refractivity (Wildman–Crippen MR) is 71.0 cm³/mol. The summed E-state index contributed by atoms with van der Waals surface area (Å²) in [6.07, 6.45) is 0. The van der Waals surface area contributed by atoms with Gasteiger partial charge in [-0.15, -0.1) is 10.2 Å². The molecule has 2 aromatic rings. The molecule has 0 aliphatic rings. The zero-order valence-corrected chi connectivity index (χ0v) is 11.5. The van der Waals surface area contributed by atoms with Crippen LogP contribution in [0.2, 0.25) is 0 Å². The van der Waals surface area contributed by atoms with Gasteiger partial charge in [-0.2, -0.15) is 8.42 Å². The molecular formula is C10H12N4O2S2. The maximum Gasteiger partial charge on any atom is 0.291 e. The molecule has 0 radical (unpaired) electrons. The molecule has 1 aromatic heterocycles. The molecule has 1 aromatic carbocycles. The van der Waals surface area contributed by atoms with Gasteiger partial charge in [-0.25, -0.2) is 0 Å². The molecule has 0 amide bonds. The first-order valence-electron chi connectivity index (χ1n) is 5.08. The number of hydrogen-bond donors (Lipinski definition) is 2. The lowest BCUT2D eigenvalue weighted by molar-refractivity contribution is 0.599. The van der Waals surface area contributed by atoms with Crippen molar-refractivity contribution in [1.82, 2.24) is 10.2 Å². The van der Waals surface area contributed by atoms with Crippen LogP contribution in [0.25, 0.3) is 0 Å². The maximum atomic E-state index is 12.1. The molecule has 18 heavy (non-hydrogen) atoms. The van der Waals surface area contributed by atoms with E-state index in [4.69, 9.17) is 5.73 Å². The summed E-state index contributed by atoms with van der Waals surface area (Å²) < 4.78 is 26.5. The number of anilines is 2. The van der Waals surface area contributed by atoms with Crippen molar-refractivity contribution in [1.29, 1.82) is 0 Å². The van der Waals surface area contributed by atoms with Crippen LogP contribution in [-0.2, 0) is 10.0 Å². The largest absolute Gasteiger partial charge is 0.374 e. The Labute approximate surface area is 109 Å². The Morgan fingerprint density at radius 1 is 1.22 bits per heavy atom. The van der Waals surface area contributed by atoms with Gasteiger partial charge in [0.25, 0.3) is 14.4 Å². The molecule has 96 valence electrons. The van der Waals surface area contributed by atoms with Crippen LogP contribution in [0.5, 0.6) is 0 Å². The van der Waals surface area contributed by atoms with Crippen molar-refractivity contribution in [2.75, 3.05) is 10.5 Å². The molecule has 6 nitrogen and oxygen atoms in total. The molecule has 0 unspecified atom stereocenters. The van der Waals surface area contributed by atoms with Gasteiger partial charge in [-0.3, -0.25) is 4.72 Å². The topological polar surface area (TPSA) is 98.0 Å². The van der Waals surface area contributed by atoms with Gasteiger partial charge in [0.2, 0.25) is 5.13 Å². The van der Waals surface area contributed by atoms with E-state index in [0.717, 1.165) is 22.5 Å². The molecular weight excluding hydrogens is 272 g/mol. The number of nitrogens with zero attached hydrogens (tertiary/aromatic N) is 2. The molecule has 0 saturated heterocycles. The third-order valence-electron chi connectivity index (χ3n) is 2.37. The molecule has 0 bridgehead atoms. The average molecular weight is 284 g/mol. The highest BCUT2D eigenvalue weighted by Gasteiger charge is 2.21. The lowest BCUT2D eigenvalue weighted by Crippen LogP contribution is -2.14. The van der Waals surface area contributed by atoms with Gasteiger partial charge < -0.3 is 5.73 Å². The van der Waals surface area contributed by atoms with Crippen LogP contribution in [0.3, 0.4) is 0 Å². The van der Waals surface area contributed by atoms with Crippen molar-refractivity contribution in [2.45, 2.75) is 18.2 Å². The van der Waals surface area contributed by atoms with Crippen molar-refractivity contribution in [3.8, 4) is 0 Å². The highest BCUT2D eigenvalue weighted by molar-refractivity contribution is 7.94. The smallest absolute Gasteiger partial charge is 0.291 e. The summed E-state index contributed by atoms with van der Waals surface area (Å²) in [5.41, 5.74) is 7.63. The third kappa shape index (κ3) is 2.44. The molecule has 0 spiro atoms. The van der Waals surface area contributed by atoms with E-state index < -0.39 is 10.0 Å². The number of nitrogens with one attached hydrogen (secondary N) is 1. The number of hydrogen-bond acceptors (Lipinski definition) is 6. The molecule has 0 atom stereocenters. The SMILES string of the molecule is Cc1cccc(C)c1NS(=O)(=O)c1nnc(N)s1. The van der Waals surface area contributed by atoms with Gasteiger partial charge >= 0.3 is 0 Å². The van der Waals surface area contributed by atoms with E-state index in [1.54, 1.807) is 0 Å². The van der Waals surface area contributed by atoms with Crippen molar-refractivity contribution in [3.63, 3.8) is 0 Å². The third-order valence-corrected chi connectivity index (χ3v) is 4.84. The summed E-state index contributed by atoms with van der Waals surface area (Å²) in [7, 11) is -3.72. The van der Waals surface area contributed by atoms with Gasteiger partial charge in [0, 0.05) is 0 Å². The number of nitrogen functional groups attached to an aromatic ring is 1. The average Bonchev–Trinajstić information content (AvgIpc) is 2.71. The molecule has 1 heterocycles. The fourth-order valence-electron chi connectivity index (χ4n) is 1.48. The molecule has 8 heteroatoms. The standard InChI is InChI=1S/C10H12N4O2S2/c1-6-4-3-5-7(2)8(6)14-18(15,16)10-13-12-9(11)17-10/h3-5,14H,1-2H3,(H2,11,12). The molecule has 0 fully saturated rings. The quantitative estimate of drug-likeness (QED) is 0.890. The monoisotopic (exact) mass is 284 g/mol. The number of aryl methyl sites for hydroxylation is 2. The predicted octanol–water partition coefficient (Wildman–Crippen LogP) is 1.54. The van der Waals surface area contributed by atoms with Gasteiger partial charge in [0.05, 0.1) is 5.69 Å². The Kier molecular flexibility index (Phi) is 3.22. The second-order valence-electron chi connectivity index (χ2n) is 3.78. The summed E-state index contributed by atoms with van der Waals surface area (Å²) >= 11 is 0.831. The minimum absolute atomic E-state index is 0.122. The Bertz CT molecular complexity index is 659. The highest BCUT2D eigenvalue weighted by Crippen LogP contribution is 2.25. The molecule has 0 aliphatic carbocycles. The first-order valence-corrected chi connectivity index (χ1v) is 7.38. The van der Waals surface area contributed by atoms with Crippen LogP contribution in [0.1, 0.15) is 11.1 Å². The van der Waals surface area contributed by atoms with E-state index in [1.807, 2.05) is 32.0 Å². The van der Waals surface area contributed by atoms with E-state index in [-0.39, 0.29) is 9.47 Å². The maximum absolute atomic E-state index is 12.1. The van der Waals surface area contributed by atoms with Crippen LogP contribution >= 0.6 is 11.3 Å². The normalized spacial score (nSPS) is 11.4. The van der Waals surface area contributed by atoms with E-state index >= 15 is 0 Å². The summed E-state index contributed by atoms with van der Waals surface area (Å²) in [6, 6.07) is 5.53. The fraction of sp³-hybridized carbons (Fsp3) is 0.200. The number of sulfonamides is 1. The Morgan fingerprint density at radius 3 is 2.33 bits per heavy atom. The lowest BCUT2D eigenvalue weighted by atomic mass is 10.1. The van der Waals surface area contributed by atoms with Gasteiger partial charge in [0.15, 0.2) is 0 Å². The number of benzene rings is 1.